The van der Waals surface area contributed by atoms with Gasteiger partial charge < -0.3 is 19.0 Å². The van der Waals surface area contributed by atoms with Gasteiger partial charge in [0, 0.05) is 31.7 Å². The van der Waals surface area contributed by atoms with Crippen LogP contribution in [-0.4, -0.2) is 58.6 Å². The Hall–Kier alpha value is -2.83. The molecule has 0 unspecified atom stereocenters. The van der Waals surface area contributed by atoms with Crippen LogP contribution in [0.25, 0.3) is 11.5 Å². The summed E-state index contributed by atoms with van der Waals surface area (Å²) in [5.74, 6) is 1.17. The van der Waals surface area contributed by atoms with Gasteiger partial charge in [-0.25, -0.2) is 9.78 Å². The second kappa shape index (κ2) is 8.27. The average molecular weight is 399 g/mol. The Morgan fingerprint density at radius 3 is 2.38 bits per heavy atom. The molecule has 0 radical (unpaired) electrons. The van der Waals surface area contributed by atoms with Crippen LogP contribution in [0.1, 0.15) is 37.8 Å². The van der Waals surface area contributed by atoms with E-state index in [1.165, 1.54) is 0 Å². The quantitative estimate of drug-likeness (QED) is 0.789. The monoisotopic (exact) mass is 399 g/mol. The number of benzene rings is 1. The number of rotatable bonds is 3. The van der Waals surface area contributed by atoms with Crippen molar-refractivity contribution in [2.24, 2.45) is 0 Å². The first kappa shape index (κ1) is 20.9. The van der Waals surface area contributed by atoms with Crippen molar-refractivity contribution in [2.75, 3.05) is 26.2 Å². The van der Waals surface area contributed by atoms with Gasteiger partial charge in [0.25, 0.3) is 0 Å². The van der Waals surface area contributed by atoms with E-state index < -0.39 is 5.60 Å². The third-order valence-electron chi connectivity index (χ3n) is 4.76. The zero-order valence-electron chi connectivity index (χ0n) is 17.8. The average Bonchev–Trinajstić information content (AvgIpc) is 3.01. The molecule has 1 aliphatic heterocycles. The maximum Gasteiger partial charge on any atom is 0.410 e. The molecule has 1 aromatic heterocycles. The van der Waals surface area contributed by atoms with Gasteiger partial charge in [-0.1, -0.05) is 17.7 Å². The highest BCUT2D eigenvalue weighted by Gasteiger charge is 2.28. The molecule has 2 heterocycles. The summed E-state index contributed by atoms with van der Waals surface area (Å²) < 4.78 is 11.2. The third kappa shape index (κ3) is 5.37. The van der Waals surface area contributed by atoms with Crippen LogP contribution in [0.4, 0.5) is 4.79 Å². The minimum absolute atomic E-state index is 0.0129. The molecule has 1 saturated heterocycles. The van der Waals surface area contributed by atoms with Crippen molar-refractivity contribution in [3.8, 4) is 11.5 Å². The third-order valence-corrected chi connectivity index (χ3v) is 4.76. The van der Waals surface area contributed by atoms with E-state index in [1.54, 1.807) is 9.80 Å². The van der Waals surface area contributed by atoms with E-state index in [9.17, 15) is 9.59 Å². The van der Waals surface area contributed by atoms with Crippen LogP contribution in [0.5, 0.6) is 0 Å². The van der Waals surface area contributed by atoms with Crippen molar-refractivity contribution >= 4 is 12.0 Å². The molecular formula is C22H29N3O4. The van der Waals surface area contributed by atoms with Crippen LogP contribution >= 0.6 is 0 Å². The standard InChI is InChI=1S/C22H29N3O4/c1-15-7-6-8-17(13-15)20-23-18(16(2)28-20)14-19(26)24-9-11-25(12-10-24)21(27)29-22(3,4)5/h6-8,13H,9-12,14H2,1-5H3. The summed E-state index contributed by atoms with van der Waals surface area (Å²) in [5, 5.41) is 0. The van der Waals surface area contributed by atoms with Gasteiger partial charge >= 0.3 is 6.09 Å². The van der Waals surface area contributed by atoms with Crippen molar-refractivity contribution in [3.05, 3.63) is 41.3 Å². The first-order valence-corrected chi connectivity index (χ1v) is 9.91. The number of carbonyl (C=O) groups excluding carboxylic acids is 2. The minimum atomic E-state index is -0.524. The van der Waals surface area contributed by atoms with Gasteiger partial charge in [-0.3, -0.25) is 4.79 Å². The fourth-order valence-corrected chi connectivity index (χ4v) is 3.21. The number of hydrogen-bond acceptors (Lipinski definition) is 5. The van der Waals surface area contributed by atoms with Crippen molar-refractivity contribution in [1.82, 2.24) is 14.8 Å². The predicted octanol–water partition coefficient (Wildman–Crippen LogP) is 3.58. The maximum absolute atomic E-state index is 12.7. The lowest BCUT2D eigenvalue weighted by molar-refractivity contribution is -0.132. The van der Waals surface area contributed by atoms with E-state index >= 15 is 0 Å². The van der Waals surface area contributed by atoms with Crippen molar-refractivity contribution < 1.29 is 18.7 Å². The van der Waals surface area contributed by atoms with Crippen molar-refractivity contribution in [3.63, 3.8) is 0 Å². The minimum Gasteiger partial charge on any atom is -0.444 e. The number of hydrogen-bond donors (Lipinski definition) is 0. The lowest BCUT2D eigenvalue weighted by atomic mass is 10.1. The maximum atomic E-state index is 12.7. The number of carbonyl (C=O) groups is 2. The molecule has 0 N–H and O–H groups in total. The Balaban J connectivity index is 1.58. The summed E-state index contributed by atoms with van der Waals surface area (Å²) >= 11 is 0. The molecular weight excluding hydrogens is 370 g/mol. The SMILES string of the molecule is Cc1cccc(-c2nc(CC(=O)N3CCN(C(=O)OC(C)(C)C)CC3)c(C)o2)c1. The number of ether oxygens (including phenoxy) is 1. The van der Waals surface area contributed by atoms with Crippen LogP contribution in [0.2, 0.25) is 0 Å². The Morgan fingerprint density at radius 2 is 1.76 bits per heavy atom. The Bertz CT molecular complexity index is 890. The summed E-state index contributed by atoms with van der Waals surface area (Å²) in [7, 11) is 0. The first-order chi connectivity index (χ1) is 13.6. The van der Waals surface area contributed by atoms with E-state index in [0.29, 0.717) is 43.5 Å². The predicted molar refractivity (Wildman–Crippen MR) is 110 cm³/mol. The van der Waals surface area contributed by atoms with E-state index in [2.05, 4.69) is 4.98 Å². The van der Waals surface area contributed by atoms with Crippen LogP contribution in [0.3, 0.4) is 0 Å². The highest BCUT2D eigenvalue weighted by atomic mass is 16.6. The number of aromatic nitrogens is 1. The van der Waals surface area contributed by atoms with Crippen molar-refractivity contribution in [1.29, 1.82) is 0 Å². The molecule has 1 aliphatic rings. The van der Waals surface area contributed by atoms with Gasteiger partial charge in [-0.05, 0) is 46.8 Å². The zero-order valence-corrected chi connectivity index (χ0v) is 17.8. The number of piperazine rings is 1. The van der Waals surface area contributed by atoms with Gasteiger partial charge in [0.15, 0.2) is 0 Å². The molecule has 2 amide bonds. The number of nitrogens with zero attached hydrogens (tertiary/aromatic N) is 3. The Morgan fingerprint density at radius 1 is 1.10 bits per heavy atom. The van der Waals surface area contributed by atoms with E-state index in [-0.39, 0.29) is 18.4 Å². The fraction of sp³-hybridized carbons (Fsp3) is 0.500. The molecule has 1 fully saturated rings. The molecule has 7 heteroatoms. The van der Waals surface area contributed by atoms with Crippen LogP contribution < -0.4 is 0 Å². The van der Waals surface area contributed by atoms with E-state index in [1.807, 2.05) is 58.9 Å². The summed E-state index contributed by atoms with van der Waals surface area (Å²) in [6.07, 6.45) is -0.145. The molecule has 3 rings (SSSR count). The molecule has 0 spiro atoms. The topological polar surface area (TPSA) is 75.9 Å². The highest BCUT2D eigenvalue weighted by molar-refractivity contribution is 5.79. The number of aryl methyl sites for hydroxylation is 2. The van der Waals surface area contributed by atoms with Gasteiger partial charge in [0.1, 0.15) is 11.4 Å². The van der Waals surface area contributed by atoms with Crippen molar-refractivity contribution in [2.45, 2.75) is 46.6 Å². The molecule has 0 bridgehead atoms. The second-order valence-corrected chi connectivity index (χ2v) is 8.42. The summed E-state index contributed by atoms with van der Waals surface area (Å²) in [4.78, 5) is 32.9. The van der Waals surface area contributed by atoms with E-state index in [0.717, 1.165) is 11.1 Å². The Kier molecular flexibility index (Phi) is 5.96. The molecule has 1 aromatic carbocycles. The first-order valence-electron chi connectivity index (χ1n) is 9.91. The van der Waals surface area contributed by atoms with Crippen LogP contribution in [-0.2, 0) is 16.0 Å². The van der Waals surface area contributed by atoms with Gasteiger partial charge in [0.2, 0.25) is 11.8 Å². The summed E-state index contributed by atoms with van der Waals surface area (Å²) in [5.41, 5.74) is 2.15. The molecule has 2 aromatic rings. The molecule has 7 nitrogen and oxygen atoms in total. The molecule has 29 heavy (non-hydrogen) atoms. The molecule has 0 atom stereocenters. The normalized spacial score (nSPS) is 14.8. The molecule has 156 valence electrons. The van der Waals surface area contributed by atoms with Gasteiger partial charge in [0.05, 0.1) is 12.1 Å². The van der Waals surface area contributed by atoms with E-state index in [4.69, 9.17) is 9.15 Å². The second-order valence-electron chi connectivity index (χ2n) is 8.42. The zero-order chi connectivity index (χ0) is 21.2. The van der Waals surface area contributed by atoms with Crippen LogP contribution in [0.15, 0.2) is 28.7 Å². The number of oxazole rings is 1. The lowest BCUT2D eigenvalue weighted by Gasteiger charge is -2.35. The summed E-state index contributed by atoms with van der Waals surface area (Å²) in [6, 6.07) is 7.92. The van der Waals surface area contributed by atoms with Crippen LogP contribution in [0, 0.1) is 13.8 Å². The smallest absolute Gasteiger partial charge is 0.410 e. The Labute approximate surface area is 171 Å². The lowest BCUT2D eigenvalue weighted by Crippen LogP contribution is -2.52. The fourth-order valence-electron chi connectivity index (χ4n) is 3.21. The largest absolute Gasteiger partial charge is 0.444 e. The molecule has 0 saturated carbocycles. The number of amides is 2. The van der Waals surface area contributed by atoms with Gasteiger partial charge in [-0.2, -0.15) is 0 Å². The molecule has 0 aliphatic carbocycles. The summed E-state index contributed by atoms with van der Waals surface area (Å²) in [6.45, 7) is 11.3. The highest BCUT2D eigenvalue weighted by Crippen LogP contribution is 2.23. The van der Waals surface area contributed by atoms with Gasteiger partial charge in [-0.15, -0.1) is 0 Å².